The van der Waals surface area contributed by atoms with Gasteiger partial charge in [0.2, 0.25) is 0 Å². The average Bonchev–Trinajstić information content (AvgIpc) is 2.48. The summed E-state index contributed by atoms with van der Waals surface area (Å²) in [7, 11) is 0. The van der Waals surface area contributed by atoms with E-state index in [0.29, 0.717) is 18.5 Å². The highest BCUT2D eigenvalue weighted by Crippen LogP contribution is 2.11. The maximum absolute atomic E-state index is 10.5. The summed E-state index contributed by atoms with van der Waals surface area (Å²) in [6, 6.07) is 0.370. The van der Waals surface area contributed by atoms with Crippen molar-refractivity contribution in [3.05, 3.63) is 0 Å². The van der Waals surface area contributed by atoms with Crippen molar-refractivity contribution in [1.82, 2.24) is 10.6 Å². The van der Waals surface area contributed by atoms with Crippen LogP contribution < -0.4 is 16.4 Å². The van der Waals surface area contributed by atoms with Gasteiger partial charge in [0, 0.05) is 12.6 Å². The van der Waals surface area contributed by atoms with Crippen LogP contribution in [0.4, 0.5) is 4.79 Å². The van der Waals surface area contributed by atoms with Crippen molar-refractivity contribution < 1.29 is 4.79 Å². The van der Waals surface area contributed by atoms with Gasteiger partial charge in [-0.2, -0.15) is 0 Å². The lowest BCUT2D eigenvalue weighted by atomic mass is 10.1. The minimum atomic E-state index is -0.270. The highest BCUT2D eigenvalue weighted by atomic mass is 32.1. The van der Waals surface area contributed by atoms with Crippen LogP contribution in [0.5, 0.6) is 0 Å². The van der Waals surface area contributed by atoms with E-state index in [2.05, 4.69) is 23.3 Å². The average molecular weight is 189 g/mol. The molecule has 0 aromatic carbocycles. The first-order chi connectivity index (χ1) is 5.72. The van der Waals surface area contributed by atoms with E-state index in [-0.39, 0.29) is 5.24 Å². The first-order valence-electron chi connectivity index (χ1n) is 4.12. The van der Waals surface area contributed by atoms with E-state index >= 15 is 0 Å². The van der Waals surface area contributed by atoms with Crippen LogP contribution in [-0.4, -0.2) is 30.9 Å². The molecular weight excluding hydrogens is 174 g/mol. The van der Waals surface area contributed by atoms with Crippen molar-refractivity contribution >= 4 is 17.9 Å². The molecule has 4 N–H and O–H groups in total. The second kappa shape index (κ2) is 4.69. The standard InChI is InChI=1S/C7H15N3OS/c8-2-5-1-6(9-3-5)4-10-7(11)12/h5-6,9H,1-4,8H2,(H2,10,11,12)/t5-,6+/m1/s1. The summed E-state index contributed by atoms with van der Waals surface area (Å²) < 4.78 is 0. The number of carbonyl (C=O) groups is 1. The molecule has 1 aliphatic heterocycles. The molecule has 1 saturated heterocycles. The zero-order chi connectivity index (χ0) is 8.97. The van der Waals surface area contributed by atoms with Gasteiger partial charge in [0.15, 0.2) is 0 Å². The lowest BCUT2D eigenvalue weighted by molar-refractivity contribution is 0.260. The van der Waals surface area contributed by atoms with Gasteiger partial charge in [0.05, 0.1) is 0 Å². The smallest absolute Gasteiger partial charge is 0.276 e. The fourth-order valence-electron chi connectivity index (χ4n) is 1.45. The van der Waals surface area contributed by atoms with Crippen LogP contribution in [0.25, 0.3) is 0 Å². The maximum atomic E-state index is 10.5. The molecule has 70 valence electrons. The largest absolute Gasteiger partial charge is 0.346 e. The van der Waals surface area contributed by atoms with E-state index in [0.717, 1.165) is 19.5 Å². The fraction of sp³-hybridized carbons (Fsp3) is 0.857. The van der Waals surface area contributed by atoms with E-state index in [1.165, 1.54) is 0 Å². The highest BCUT2D eigenvalue weighted by Gasteiger charge is 2.22. The molecule has 1 heterocycles. The number of amides is 1. The molecule has 12 heavy (non-hydrogen) atoms. The Kier molecular flexibility index (Phi) is 3.84. The van der Waals surface area contributed by atoms with Crippen LogP contribution in [0.2, 0.25) is 0 Å². The quantitative estimate of drug-likeness (QED) is 0.455. The van der Waals surface area contributed by atoms with Crippen LogP contribution in [0.1, 0.15) is 6.42 Å². The molecule has 1 aliphatic rings. The van der Waals surface area contributed by atoms with E-state index in [1.54, 1.807) is 0 Å². The highest BCUT2D eigenvalue weighted by molar-refractivity contribution is 7.96. The van der Waals surface area contributed by atoms with Crippen molar-refractivity contribution in [2.24, 2.45) is 11.7 Å². The molecule has 0 bridgehead atoms. The summed E-state index contributed by atoms with van der Waals surface area (Å²) in [5.41, 5.74) is 5.51. The summed E-state index contributed by atoms with van der Waals surface area (Å²) >= 11 is 3.61. The molecule has 1 fully saturated rings. The van der Waals surface area contributed by atoms with Crippen LogP contribution in [-0.2, 0) is 0 Å². The predicted octanol–water partition coefficient (Wildman–Crippen LogP) is -0.437. The summed E-state index contributed by atoms with van der Waals surface area (Å²) in [5.74, 6) is 0.562. The fourth-order valence-corrected chi connectivity index (χ4v) is 1.54. The SMILES string of the molecule is NC[C@@H]1CN[C@H](CNC(=O)S)C1. The number of hydrogen-bond acceptors (Lipinski definition) is 3. The van der Waals surface area contributed by atoms with Gasteiger partial charge >= 0.3 is 0 Å². The second-order valence-corrected chi connectivity index (χ2v) is 3.53. The van der Waals surface area contributed by atoms with Crippen molar-refractivity contribution in [1.29, 1.82) is 0 Å². The van der Waals surface area contributed by atoms with Crippen molar-refractivity contribution in [2.45, 2.75) is 12.5 Å². The Bertz CT molecular complexity index is 165. The Morgan fingerprint density at radius 3 is 3.00 bits per heavy atom. The van der Waals surface area contributed by atoms with Gasteiger partial charge in [0.25, 0.3) is 5.24 Å². The van der Waals surface area contributed by atoms with Crippen molar-refractivity contribution in [3.8, 4) is 0 Å². The van der Waals surface area contributed by atoms with Crippen molar-refractivity contribution in [3.63, 3.8) is 0 Å². The van der Waals surface area contributed by atoms with Gasteiger partial charge in [0.1, 0.15) is 0 Å². The number of nitrogens with two attached hydrogens (primary N) is 1. The molecule has 1 amide bonds. The molecule has 5 heteroatoms. The maximum Gasteiger partial charge on any atom is 0.276 e. The Morgan fingerprint density at radius 1 is 1.75 bits per heavy atom. The molecule has 2 atom stereocenters. The normalized spacial score (nSPS) is 28.8. The first-order valence-corrected chi connectivity index (χ1v) is 4.57. The number of thiol groups is 1. The Balaban J connectivity index is 2.15. The van der Waals surface area contributed by atoms with Crippen LogP contribution in [0, 0.1) is 5.92 Å². The van der Waals surface area contributed by atoms with Crippen LogP contribution in [0.3, 0.4) is 0 Å². The molecule has 0 unspecified atom stereocenters. The zero-order valence-corrected chi connectivity index (χ0v) is 7.81. The molecule has 1 rings (SSSR count). The number of nitrogens with one attached hydrogen (secondary N) is 2. The molecule has 0 saturated carbocycles. The van der Waals surface area contributed by atoms with E-state index < -0.39 is 0 Å². The third-order valence-electron chi connectivity index (χ3n) is 2.15. The van der Waals surface area contributed by atoms with Gasteiger partial charge in [-0.05, 0) is 25.4 Å². The lowest BCUT2D eigenvalue weighted by Crippen LogP contribution is -2.34. The van der Waals surface area contributed by atoms with E-state index in [1.807, 2.05) is 0 Å². The number of hydrogen-bond donors (Lipinski definition) is 4. The van der Waals surface area contributed by atoms with Gasteiger partial charge in [-0.15, -0.1) is 0 Å². The third-order valence-corrected chi connectivity index (χ3v) is 2.30. The zero-order valence-electron chi connectivity index (χ0n) is 6.92. The summed E-state index contributed by atoms with van der Waals surface area (Å²) in [5, 5.41) is 5.67. The van der Waals surface area contributed by atoms with Gasteiger partial charge in [-0.25, -0.2) is 0 Å². The predicted molar refractivity (Wildman–Crippen MR) is 51.3 cm³/mol. The minimum Gasteiger partial charge on any atom is -0.346 e. The molecule has 0 aromatic heterocycles. The topological polar surface area (TPSA) is 67.2 Å². The summed E-state index contributed by atoms with van der Waals surface area (Å²) in [6.07, 6.45) is 1.05. The summed E-state index contributed by atoms with van der Waals surface area (Å²) in [6.45, 7) is 2.33. The van der Waals surface area contributed by atoms with E-state index in [4.69, 9.17) is 5.73 Å². The lowest BCUT2D eigenvalue weighted by Gasteiger charge is -2.09. The minimum absolute atomic E-state index is 0.270. The van der Waals surface area contributed by atoms with Gasteiger partial charge in [-0.3, -0.25) is 4.79 Å². The molecule has 0 radical (unpaired) electrons. The van der Waals surface area contributed by atoms with Crippen LogP contribution in [0.15, 0.2) is 0 Å². The Hall–Kier alpha value is -0.260. The van der Waals surface area contributed by atoms with Gasteiger partial charge in [-0.1, -0.05) is 12.6 Å². The molecule has 4 nitrogen and oxygen atoms in total. The third kappa shape index (κ3) is 3.00. The van der Waals surface area contributed by atoms with E-state index in [9.17, 15) is 4.79 Å². The monoisotopic (exact) mass is 189 g/mol. The first kappa shape index (κ1) is 9.83. The molecule has 0 aliphatic carbocycles. The Morgan fingerprint density at radius 2 is 2.50 bits per heavy atom. The molecule has 0 aromatic rings. The second-order valence-electron chi connectivity index (χ2n) is 3.13. The van der Waals surface area contributed by atoms with Crippen molar-refractivity contribution in [2.75, 3.05) is 19.6 Å². The van der Waals surface area contributed by atoms with Crippen LogP contribution >= 0.6 is 12.6 Å². The Labute approximate surface area is 77.7 Å². The molecular formula is C7H15N3OS. The number of rotatable bonds is 3. The summed E-state index contributed by atoms with van der Waals surface area (Å²) in [4.78, 5) is 10.5. The number of carbonyl (C=O) groups excluding carboxylic acids is 1. The van der Waals surface area contributed by atoms with Gasteiger partial charge < -0.3 is 16.4 Å². The molecule has 0 spiro atoms.